The molecule has 0 heterocycles. The maximum atomic E-state index is 12.9. The van der Waals surface area contributed by atoms with Gasteiger partial charge < -0.3 is 10.5 Å². The van der Waals surface area contributed by atoms with E-state index in [0.717, 1.165) is 12.1 Å². The Kier molecular flexibility index (Phi) is 4.55. The Labute approximate surface area is 125 Å². The molecule has 0 bridgehead atoms. The molecule has 2 rings (SSSR count). The van der Waals surface area contributed by atoms with E-state index in [1.54, 1.807) is 12.1 Å². The van der Waals surface area contributed by atoms with Crippen LogP contribution >= 0.6 is 11.6 Å². The maximum absolute atomic E-state index is 12.9. The van der Waals surface area contributed by atoms with E-state index in [1.165, 1.54) is 24.3 Å². The van der Waals surface area contributed by atoms with Crippen LogP contribution in [0.3, 0.4) is 0 Å². The zero-order valence-electron chi connectivity index (χ0n) is 10.8. The van der Waals surface area contributed by atoms with E-state index in [2.05, 4.69) is 0 Å². The number of primary amides is 1. The molecule has 0 saturated heterocycles. The van der Waals surface area contributed by atoms with Gasteiger partial charge in [-0.2, -0.15) is 0 Å². The van der Waals surface area contributed by atoms with E-state index >= 15 is 0 Å². The van der Waals surface area contributed by atoms with Gasteiger partial charge >= 0.3 is 5.97 Å². The molecule has 0 aliphatic heterocycles. The molecule has 0 spiro atoms. The van der Waals surface area contributed by atoms with Crippen molar-refractivity contribution in [2.75, 3.05) is 0 Å². The first-order chi connectivity index (χ1) is 9.97. The zero-order valence-corrected chi connectivity index (χ0v) is 11.5. The lowest BCUT2D eigenvalue weighted by molar-refractivity contribution is -0.127. The molecule has 21 heavy (non-hydrogen) atoms. The monoisotopic (exact) mass is 307 g/mol. The number of rotatable bonds is 4. The third-order valence-corrected chi connectivity index (χ3v) is 2.95. The number of esters is 1. The average Bonchev–Trinajstić information content (AvgIpc) is 2.45. The Bertz CT molecular complexity index is 673. The second-order valence-electron chi connectivity index (χ2n) is 4.25. The van der Waals surface area contributed by atoms with Crippen molar-refractivity contribution in [3.8, 4) is 0 Å². The van der Waals surface area contributed by atoms with Gasteiger partial charge in [-0.25, -0.2) is 9.18 Å². The average molecular weight is 308 g/mol. The van der Waals surface area contributed by atoms with Crippen molar-refractivity contribution in [1.29, 1.82) is 0 Å². The van der Waals surface area contributed by atoms with Gasteiger partial charge in [-0.3, -0.25) is 4.79 Å². The SMILES string of the molecule is NC(=O)[C@@H](OC(=O)c1cccc(Cl)c1)c1ccc(F)cc1. The lowest BCUT2D eigenvalue weighted by Crippen LogP contribution is -2.26. The summed E-state index contributed by atoms with van der Waals surface area (Å²) in [4.78, 5) is 23.4. The van der Waals surface area contributed by atoms with Crippen molar-refractivity contribution in [2.45, 2.75) is 6.10 Å². The summed E-state index contributed by atoms with van der Waals surface area (Å²) in [6.45, 7) is 0. The maximum Gasteiger partial charge on any atom is 0.339 e. The van der Waals surface area contributed by atoms with Crippen LogP contribution in [-0.4, -0.2) is 11.9 Å². The van der Waals surface area contributed by atoms with Crippen molar-refractivity contribution in [3.63, 3.8) is 0 Å². The second kappa shape index (κ2) is 6.37. The van der Waals surface area contributed by atoms with Gasteiger partial charge in [0.1, 0.15) is 5.82 Å². The molecular weight excluding hydrogens is 297 g/mol. The first-order valence-electron chi connectivity index (χ1n) is 5.98. The first kappa shape index (κ1) is 15.0. The van der Waals surface area contributed by atoms with E-state index in [9.17, 15) is 14.0 Å². The van der Waals surface area contributed by atoms with E-state index < -0.39 is 23.8 Å². The minimum absolute atomic E-state index is 0.191. The third-order valence-electron chi connectivity index (χ3n) is 2.72. The fraction of sp³-hybridized carbons (Fsp3) is 0.0667. The molecule has 0 aliphatic rings. The van der Waals surface area contributed by atoms with Crippen LogP contribution in [0.25, 0.3) is 0 Å². The molecular formula is C15H11ClFNO3. The van der Waals surface area contributed by atoms with Crippen LogP contribution in [-0.2, 0) is 9.53 Å². The summed E-state index contributed by atoms with van der Waals surface area (Å²) in [5.41, 5.74) is 5.71. The molecule has 0 saturated carbocycles. The molecule has 0 unspecified atom stereocenters. The van der Waals surface area contributed by atoms with E-state index in [0.29, 0.717) is 10.6 Å². The van der Waals surface area contributed by atoms with Crippen LogP contribution in [0.1, 0.15) is 22.0 Å². The number of carbonyl (C=O) groups is 2. The summed E-state index contributed by atoms with van der Waals surface area (Å²) in [5.74, 6) is -2.06. The van der Waals surface area contributed by atoms with Gasteiger partial charge in [-0.1, -0.05) is 29.8 Å². The van der Waals surface area contributed by atoms with Crippen molar-refractivity contribution >= 4 is 23.5 Å². The highest BCUT2D eigenvalue weighted by Gasteiger charge is 2.23. The fourth-order valence-corrected chi connectivity index (χ4v) is 1.91. The van der Waals surface area contributed by atoms with Crippen LogP contribution in [0.15, 0.2) is 48.5 Å². The summed E-state index contributed by atoms with van der Waals surface area (Å²) in [5, 5.41) is 0.363. The predicted octanol–water partition coefficient (Wildman–Crippen LogP) is 2.86. The van der Waals surface area contributed by atoms with Crippen LogP contribution in [0.2, 0.25) is 5.02 Å². The van der Waals surface area contributed by atoms with Crippen LogP contribution in [0.5, 0.6) is 0 Å². The quantitative estimate of drug-likeness (QED) is 0.883. The van der Waals surface area contributed by atoms with Crippen LogP contribution in [0, 0.1) is 5.82 Å². The molecule has 1 atom stereocenters. The van der Waals surface area contributed by atoms with Crippen molar-refractivity contribution in [2.24, 2.45) is 5.73 Å². The molecule has 1 amide bonds. The van der Waals surface area contributed by atoms with E-state index in [-0.39, 0.29) is 5.56 Å². The summed E-state index contributed by atoms with van der Waals surface area (Å²) in [7, 11) is 0. The fourth-order valence-electron chi connectivity index (χ4n) is 1.72. The topological polar surface area (TPSA) is 69.4 Å². The minimum Gasteiger partial charge on any atom is -0.444 e. The largest absolute Gasteiger partial charge is 0.444 e. The smallest absolute Gasteiger partial charge is 0.339 e. The number of hydrogen-bond donors (Lipinski definition) is 1. The van der Waals surface area contributed by atoms with Gasteiger partial charge in [0, 0.05) is 10.6 Å². The highest BCUT2D eigenvalue weighted by molar-refractivity contribution is 6.30. The molecule has 0 fully saturated rings. The minimum atomic E-state index is -1.29. The molecule has 0 radical (unpaired) electrons. The highest BCUT2D eigenvalue weighted by Crippen LogP contribution is 2.20. The normalized spacial score (nSPS) is 11.7. The van der Waals surface area contributed by atoms with Gasteiger partial charge in [0.15, 0.2) is 0 Å². The number of carbonyl (C=O) groups excluding carboxylic acids is 2. The van der Waals surface area contributed by atoms with Gasteiger partial charge in [0.25, 0.3) is 5.91 Å². The zero-order chi connectivity index (χ0) is 15.4. The van der Waals surface area contributed by atoms with Gasteiger partial charge in [0.05, 0.1) is 5.56 Å². The Balaban J connectivity index is 2.22. The van der Waals surface area contributed by atoms with Crippen LogP contribution in [0.4, 0.5) is 4.39 Å². The summed E-state index contributed by atoms with van der Waals surface area (Å²) in [6, 6.07) is 11.0. The molecule has 2 aromatic rings. The Morgan fingerprint density at radius 1 is 1.14 bits per heavy atom. The van der Waals surface area contributed by atoms with E-state index in [1.807, 2.05) is 0 Å². The van der Waals surface area contributed by atoms with Gasteiger partial charge in [-0.05, 0) is 30.3 Å². The Hall–Kier alpha value is -2.40. The predicted molar refractivity (Wildman–Crippen MR) is 75.2 cm³/mol. The second-order valence-corrected chi connectivity index (χ2v) is 4.69. The number of amides is 1. The lowest BCUT2D eigenvalue weighted by atomic mass is 10.1. The number of benzene rings is 2. The number of nitrogens with two attached hydrogens (primary N) is 1. The standard InChI is InChI=1S/C15H11ClFNO3/c16-11-3-1-2-10(8-11)15(20)21-13(14(18)19)9-4-6-12(17)7-5-9/h1-8,13H,(H2,18,19)/t13-/m0/s1. The number of ether oxygens (including phenoxy) is 1. The van der Waals surface area contributed by atoms with Gasteiger partial charge in [0.2, 0.25) is 6.10 Å². The summed E-state index contributed by atoms with van der Waals surface area (Å²) < 4.78 is 18.0. The van der Waals surface area contributed by atoms with Crippen molar-refractivity contribution < 1.29 is 18.7 Å². The van der Waals surface area contributed by atoms with E-state index in [4.69, 9.17) is 22.1 Å². The molecule has 6 heteroatoms. The molecule has 108 valence electrons. The van der Waals surface area contributed by atoms with Crippen molar-refractivity contribution in [3.05, 3.63) is 70.5 Å². The summed E-state index contributed by atoms with van der Waals surface area (Å²) in [6.07, 6.45) is -1.29. The number of halogens is 2. The first-order valence-corrected chi connectivity index (χ1v) is 6.36. The Morgan fingerprint density at radius 2 is 1.81 bits per heavy atom. The number of hydrogen-bond acceptors (Lipinski definition) is 3. The molecule has 4 nitrogen and oxygen atoms in total. The highest BCUT2D eigenvalue weighted by atomic mass is 35.5. The lowest BCUT2D eigenvalue weighted by Gasteiger charge is -2.15. The molecule has 2 N–H and O–H groups in total. The molecule has 0 aromatic heterocycles. The molecule has 0 aliphatic carbocycles. The van der Waals surface area contributed by atoms with Crippen LogP contribution < -0.4 is 5.73 Å². The molecule has 2 aromatic carbocycles. The summed E-state index contributed by atoms with van der Waals surface area (Å²) >= 11 is 5.78. The van der Waals surface area contributed by atoms with Gasteiger partial charge in [-0.15, -0.1) is 0 Å². The van der Waals surface area contributed by atoms with Crippen molar-refractivity contribution in [1.82, 2.24) is 0 Å². The third kappa shape index (κ3) is 3.79. The Morgan fingerprint density at radius 3 is 2.38 bits per heavy atom.